The lowest BCUT2D eigenvalue weighted by Crippen LogP contribution is -2.51. The van der Waals surface area contributed by atoms with Crippen LogP contribution in [0.4, 0.5) is 0 Å². The fraction of sp³-hybridized carbons (Fsp3) is 0.778. The Hall–Kier alpha value is -2.00. The van der Waals surface area contributed by atoms with Crippen molar-refractivity contribution in [3.8, 4) is 0 Å². The van der Waals surface area contributed by atoms with E-state index in [1.807, 2.05) is 4.90 Å². The third-order valence-electron chi connectivity index (χ3n) is 5.75. The monoisotopic (exact) mass is 377 g/mol. The number of hydrogen-bond acceptors (Lipinski definition) is 7. The standard InChI is InChI=1S/C18H27N5O4/c24-16(20-11-15-21-17(27-22-15)12-2-1-3-12)13-8-14(10-19-9-13)18(25)23-4-6-26-7-5-23/h12-14,19H,1-11H2,(H,20,24)/t13-,14+/m1/s1. The van der Waals surface area contributed by atoms with Crippen molar-refractivity contribution in [2.75, 3.05) is 39.4 Å². The lowest BCUT2D eigenvalue weighted by Gasteiger charge is -2.34. The normalized spacial score (nSPS) is 26.4. The van der Waals surface area contributed by atoms with E-state index in [0.29, 0.717) is 63.4 Å². The summed E-state index contributed by atoms with van der Waals surface area (Å²) in [6.45, 7) is 3.90. The third kappa shape index (κ3) is 4.30. The predicted octanol–water partition coefficient (Wildman–Crippen LogP) is 0.0378. The van der Waals surface area contributed by atoms with Crippen LogP contribution in [0.1, 0.15) is 43.3 Å². The van der Waals surface area contributed by atoms with E-state index in [1.54, 1.807) is 0 Å². The molecule has 1 aromatic rings. The van der Waals surface area contributed by atoms with Gasteiger partial charge in [-0.05, 0) is 19.3 Å². The highest BCUT2D eigenvalue weighted by Crippen LogP contribution is 2.35. The number of nitrogens with zero attached hydrogens (tertiary/aromatic N) is 3. The molecule has 2 atom stereocenters. The molecule has 2 aliphatic heterocycles. The van der Waals surface area contributed by atoms with Crippen LogP contribution in [0.2, 0.25) is 0 Å². The molecule has 3 aliphatic rings. The summed E-state index contributed by atoms with van der Waals surface area (Å²) < 4.78 is 10.6. The molecule has 0 spiro atoms. The van der Waals surface area contributed by atoms with E-state index in [4.69, 9.17) is 9.26 Å². The minimum absolute atomic E-state index is 0.0722. The molecule has 0 unspecified atom stereocenters. The van der Waals surface area contributed by atoms with E-state index in [2.05, 4.69) is 20.8 Å². The van der Waals surface area contributed by atoms with E-state index in [1.165, 1.54) is 6.42 Å². The second-order valence-corrected chi connectivity index (χ2v) is 7.62. The molecule has 3 fully saturated rings. The lowest BCUT2D eigenvalue weighted by atomic mass is 9.85. The van der Waals surface area contributed by atoms with E-state index in [0.717, 1.165) is 12.8 Å². The Balaban J connectivity index is 1.26. The van der Waals surface area contributed by atoms with Crippen LogP contribution in [0.15, 0.2) is 4.52 Å². The van der Waals surface area contributed by atoms with Crippen LogP contribution in [0.25, 0.3) is 0 Å². The van der Waals surface area contributed by atoms with Gasteiger partial charge in [0.05, 0.1) is 31.6 Å². The molecule has 27 heavy (non-hydrogen) atoms. The Morgan fingerprint density at radius 2 is 1.96 bits per heavy atom. The average Bonchev–Trinajstić information content (AvgIpc) is 3.13. The highest BCUT2D eigenvalue weighted by molar-refractivity contribution is 5.83. The van der Waals surface area contributed by atoms with Crippen molar-refractivity contribution in [2.24, 2.45) is 11.8 Å². The minimum atomic E-state index is -0.230. The molecular weight excluding hydrogens is 350 g/mol. The number of hydrogen-bond donors (Lipinski definition) is 2. The number of nitrogens with one attached hydrogen (secondary N) is 2. The summed E-state index contributed by atoms with van der Waals surface area (Å²) in [5, 5.41) is 10.1. The van der Waals surface area contributed by atoms with Gasteiger partial charge in [-0.2, -0.15) is 4.98 Å². The van der Waals surface area contributed by atoms with E-state index in [-0.39, 0.29) is 30.2 Å². The first-order valence-corrected chi connectivity index (χ1v) is 9.88. The maximum atomic E-state index is 12.7. The largest absolute Gasteiger partial charge is 0.378 e. The van der Waals surface area contributed by atoms with Gasteiger partial charge in [0.2, 0.25) is 17.7 Å². The highest BCUT2D eigenvalue weighted by Gasteiger charge is 2.34. The molecule has 0 radical (unpaired) electrons. The quantitative estimate of drug-likeness (QED) is 0.745. The molecular formula is C18H27N5O4. The van der Waals surface area contributed by atoms with Crippen molar-refractivity contribution < 1.29 is 18.8 Å². The fourth-order valence-electron chi connectivity index (χ4n) is 3.84. The minimum Gasteiger partial charge on any atom is -0.378 e. The SMILES string of the molecule is O=C(NCc1noc(C2CCC2)n1)[C@H]1CNC[C@@H](C(=O)N2CCOCC2)C1. The molecule has 1 saturated carbocycles. The van der Waals surface area contributed by atoms with Crippen molar-refractivity contribution in [2.45, 2.75) is 38.1 Å². The first-order valence-electron chi connectivity index (χ1n) is 9.88. The van der Waals surface area contributed by atoms with Gasteiger partial charge >= 0.3 is 0 Å². The predicted molar refractivity (Wildman–Crippen MR) is 94.6 cm³/mol. The van der Waals surface area contributed by atoms with Gasteiger partial charge in [-0.3, -0.25) is 9.59 Å². The molecule has 2 saturated heterocycles. The maximum Gasteiger partial charge on any atom is 0.229 e. The van der Waals surface area contributed by atoms with Gasteiger partial charge in [0.1, 0.15) is 0 Å². The summed E-state index contributed by atoms with van der Waals surface area (Å²) in [5.41, 5.74) is 0. The van der Waals surface area contributed by atoms with E-state index >= 15 is 0 Å². The number of carbonyl (C=O) groups excluding carboxylic acids is 2. The number of ether oxygens (including phenoxy) is 1. The summed E-state index contributed by atoms with van der Waals surface area (Å²) in [5.74, 6) is 1.23. The van der Waals surface area contributed by atoms with Crippen molar-refractivity contribution in [1.29, 1.82) is 0 Å². The molecule has 2 N–H and O–H groups in total. The molecule has 9 heteroatoms. The Labute approximate surface area is 158 Å². The summed E-state index contributed by atoms with van der Waals surface area (Å²) in [7, 11) is 0. The highest BCUT2D eigenvalue weighted by atomic mass is 16.5. The van der Waals surface area contributed by atoms with Crippen LogP contribution < -0.4 is 10.6 Å². The Kier molecular flexibility index (Phi) is 5.68. The van der Waals surface area contributed by atoms with Gasteiger partial charge in [0.25, 0.3) is 0 Å². The number of carbonyl (C=O) groups is 2. The molecule has 9 nitrogen and oxygen atoms in total. The van der Waals surface area contributed by atoms with Gasteiger partial charge < -0.3 is 24.8 Å². The average molecular weight is 377 g/mol. The van der Waals surface area contributed by atoms with Crippen LogP contribution >= 0.6 is 0 Å². The second kappa shape index (κ2) is 8.35. The van der Waals surface area contributed by atoms with E-state index < -0.39 is 0 Å². The molecule has 148 valence electrons. The van der Waals surface area contributed by atoms with Crippen LogP contribution in [-0.2, 0) is 20.9 Å². The van der Waals surface area contributed by atoms with Gasteiger partial charge in [0.15, 0.2) is 5.82 Å². The smallest absolute Gasteiger partial charge is 0.229 e. The first-order chi connectivity index (χ1) is 13.2. The number of piperidine rings is 1. The molecule has 1 aliphatic carbocycles. The zero-order chi connectivity index (χ0) is 18.6. The summed E-state index contributed by atoms with van der Waals surface area (Å²) in [4.78, 5) is 31.4. The van der Waals surface area contributed by atoms with Crippen LogP contribution in [0.3, 0.4) is 0 Å². The topological polar surface area (TPSA) is 110 Å². The second-order valence-electron chi connectivity index (χ2n) is 7.62. The maximum absolute atomic E-state index is 12.7. The summed E-state index contributed by atoms with van der Waals surface area (Å²) in [6, 6.07) is 0. The summed E-state index contributed by atoms with van der Waals surface area (Å²) in [6.07, 6.45) is 3.97. The zero-order valence-corrected chi connectivity index (χ0v) is 15.5. The third-order valence-corrected chi connectivity index (χ3v) is 5.75. The van der Waals surface area contributed by atoms with Gasteiger partial charge in [-0.1, -0.05) is 11.6 Å². The molecule has 4 rings (SSSR count). The van der Waals surface area contributed by atoms with Crippen molar-refractivity contribution in [1.82, 2.24) is 25.7 Å². The Bertz CT molecular complexity index is 668. The van der Waals surface area contributed by atoms with E-state index in [9.17, 15) is 9.59 Å². The molecule has 3 heterocycles. The number of amides is 2. The number of aromatic nitrogens is 2. The van der Waals surface area contributed by atoms with Gasteiger partial charge in [-0.25, -0.2) is 0 Å². The first kappa shape index (κ1) is 18.4. The van der Waals surface area contributed by atoms with Crippen LogP contribution in [0, 0.1) is 11.8 Å². The van der Waals surface area contributed by atoms with Crippen LogP contribution in [-0.4, -0.2) is 66.2 Å². The Morgan fingerprint density at radius 3 is 2.70 bits per heavy atom. The molecule has 1 aromatic heterocycles. The number of rotatable bonds is 5. The fourth-order valence-corrected chi connectivity index (χ4v) is 3.84. The molecule has 0 aromatic carbocycles. The number of morpholine rings is 1. The molecule has 2 amide bonds. The van der Waals surface area contributed by atoms with Crippen molar-refractivity contribution in [3.05, 3.63) is 11.7 Å². The van der Waals surface area contributed by atoms with Crippen molar-refractivity contribution in [3.63, 3.8) is 0 Å². The Morgan fingerprint density at radius 1 is 1.19 bits per heavy atom. The lowest BCUT2D eigenvalue weighted by molar-refractivity contribution is -0.141. The summed E-state index contributed by atoms with van der Waals surface area (Å²) >= 11 is 0. The zero-order valence-electron chi connectivity index (χ0n) is 15.5. The molecule has 0 bridgehead atoms. The van der Waals surface area contributed by atoms with Gasteiger partial charge in [0, 0.05) is 32.1 Å². The van der Waals surface area contributed by atoms with Crippen molar-refractivity contribution >= 4 is 11.8 Å². The van der Waals surface area contributed by atoms with Crippen LogP contribution in [0.5, 0.6) is 0 Å². The van der Waals surface area contributed by atoms with Gasteiger partial charge in [-0.15, -0.1) is 0 Å².